The summed E-state index contributed by atoms with van der Waals surface area (Å²) in [5.74, 6) is 0.217. The number of amides is 1. The highest BCUT2D eigenvalue weighted by Gasteiger charge is 2.55. The molecule has 1 aromatic rings. The van der Waals surface area contributed by atoms with Gasteiger partial charge in [0.2, 0.25) is 5.91 Å². The van der Waals surface area contributed by atoms with Gasteiger partial charge in [0.25, 0.3) is 0 Å². The predicted octanol–water partition coefficient (Wildman–Crippen LogP) is 3.28. The summed E-state index contributed by atoms with van der Waals surface area (Å²) in [6.45, 7) is 2.27. The molecule has 26 heavy (non-hydrogen) atoms. The monoisotopic (exact) mass is 382 g/mol. The molecule has 6 heteroatoms. The zero-order valence-electron chi connectivity index (χ0n) is 15.2. The molecule has 1 aromatic carbocycles. The van der Waals surface area contributed by atoms with Gasteiger partial charge in [-0.25, -0.2) is 4.39 Å². The van der Waals surface area contributed by atoms with Gasteiger partial charge >= 0.3 is 0 Å². The second kappa shape index (κ2) is 7.10. The van der Waals surface area contributed by atoms with Crippen LogP contribution in [-0.4, -0.2) is 43.2 Å². The van der Waals surface area contributed by atoms with Gasteiger partial charge in [-0.05, 0) is 43.4 Å². The normalized spacial score (nSPS) is 32.5. The molecule has 2 bridgehead atoms. The van der Waals surface area contributed by atoms with Crippen LogP contribution in [0.2, 0.25) is 0 Å². The van der Waals surface area contributed by atoms with Gasteiger partial charge in [0.1, 0.15) is 11.3 Å². The predicted molar refractivity (Wildman–Crippen MR) is 101 cm³/mol. The zero-order chi connectivity index (χ0) is 17.7. The van der Waals surface area contributed by atoms with E-state index in [1.807, 2.05) is 12.1 Å². The summed E-state index contributed by atoms with van der Waals surface area (Å²) in [6, 6.07) is 7.58. The van der Waals surface area contributed by atoms with Crippen molar-refractivity contribution in [3.63, 3.8) is 0 Å². The van der Waals surface area contributed by atoms with Crippen molar-refractivity contribution in [3.8, 4) is 0 Å². The Kier molecular flexibility index (Phi) is 5.35. The lowest BCUT2D eigenvalue weighted by Crippen LogP contribution is -2.59. The lowest BCUT2D eigenvalue weighted by molar-refractivity contribution is -0.171. The van der Waals surface area contributed by atoms with E-state index in [2.05, 4.69) is 11.0 Å². The Morgan fingerprint density at radius 3 is 2.50 bits per heavy atom. The van der Waals surface area contributed by atoms with Crippen molar-refractivity contribution >= 4 is 18.3 Å². The fraction of sp³-hybridized carbons (Fsp3) is 0.650. The van der Waals surface area contributed by atoms with Gasteiger partial charge in [-0.15, -0.1) is 12.4 Å². The Balaban J connectivity index is 0.00000196. The van der Waals surface area contributed by atoms with Crippen LogP contribution in [0, 0.1) is 11.8 Å². The summed E-state index contributed by atoms with van der Waals surface area (Å²) >= 11 is 0. The molecule has 4 nitrogen and oxygen atoms in total. The molecule has 1 amide bonds. The molecule has 1 saturated heterocycles. The molecule has 1 aliphatic heterocycles. The fourth-order valence-corrected chi connectivity index (χ4v) is 5.19. The lowest BCUT2D eigenvalue weighted by Gasteiger charge is -2.55. The number of piperidine rings is 1. The number of likely N-dealkylation sites (tertiary alicyclic amines) is 1. The van der Waals surface area contributed by atoms with E-state index in [0.717, 1.165) is 31.5 Å². The number of nitrogens with two attached hydrogens (primary N) is 1. The van der Waals surface area contributed by atoms with Crippen molar-refractivity contribution < 1.29 is 13.9 Å². The standard InChI is InChI=1S/C20H27FN2O2.ClH/c1-25-20(15-5-2-4-14(10-15)18(22)24)16-6-3-7-17(20)12-23(11-16)13-19(21)8-9-19;/h2,4-5,10,16-17H,3,6-9,11-13H2,1H3,(H2,22,24);1H/t16-,17+,20-;. The Hall–Kier alpha value is -1.17. The number of halogens is 2. The van der Waals surface area contributed by atoms with Gasteiger partial charge < -0.3 is 10.5 Å². The quantitative estimate of drug-likeness (QED) is 0.850. The topological polar surface area (TPSA) is 55.6 Å². The third-order valence-electron chi connectivity index (χ3n) is 6.51. The van der Waals surface area contributed by atoms with Gasteiger partial charge in [-0.1, -0.05) is 18.6 Å². The minimum absolute atomic E-state index is 0. The second-order valence-electron chi connectivity index (χ2n) is 8.11. The first-order chi connectivity index (χ1) is 12.0. The molecule has 2 aliphatic carbocycles. The number of primary amides is 1. The van der Waals surface area contributed by atoms with E-state index >= 15 is 0 Å². The summed E-state index contributed by atoms with van der Waals surface area (Å²) in [5, 5.41) is 0. The first kappa shape index (κ1) is 19.6. The second-order valence-corrected chi connectivity index (χ2v) is 8.11. The number of hydrogen-bond donors (Lipinski definition) is 1. The molecule has 0 radical (unpaired) electrons. The Labute approximate surface area is 160 Å². The van der Waals surface area contributed by atoms with Gasteiger partial charge in [0.05, 0.1) is 0 Å². The average Bonchev–Trinajstić information content (AvgIpc) is 3.31. The summed E-state index contributed by atoms with van der Waals surface area (Å²) in [5.41, 5.74) is 5.70. The summed E-state index contributed by atoms with van der Waals surface area (Å²) < 4.78 is 20.5. The van der Waals surface area contributed by atoms with Crippen LogP contribution in [0.3, 0.4) is 0 Å². The van der Waals surface area contributed by atoms with Crippen LogP contribution >= 0.6 is 12.4 Å². The van der Waals surface area contributed by atoms with E-state index in [9.17, 15) is 9.18 Å². The maximum absolute atomic E-state index is 14.3. The highest BCUT2D eigenvalue weighted by atomic mass is 35.5. The van der Waals surface area contributed by atoms with Gasteiger partial charge in [-0.3, -0.25) is 9.69 Å². The lowest BCUT2D eigenvalue weighted by atomic mass is 9.62. The Morgan fingerprint density at radius 2 is 1.96 bits per heavy atom. The highest BCUT2D eigenvalue weighted by Crippen LogP contribution is 2.52. The summed E-state index contributed by atoms with van der Waals surface area (Å²) in [4.78, 5) is 13.9. The van der Waals surface area contributed by atoms with Crippen molar-refractivity contribution in [2.75, 3.05) is 26.7 Å². The molecule has 3 fully saturated rings. The number of carbonyl (C=O) groups excluding carboxylic acids is 1. The first-order valence-electron chi connectivity index (χ1n) is 9.34. The van der Waals surface area contributed by atoms with Crippen molar-refractivity contribution in [2.45, 2.75) is 43.4 Å². The van der Waals surface area contributed by atoms with Crippen LogP contribution in [0.25, 0.3) is 0 Å². The van der Waals surface area contributed by atoms with Gasteiger partial charge in [-0.2, -0.15) is 0 Å². The molecule has 4 rings (SSSR count). The van der Waals surface area contributed by atoms with E-state index in [0.29, 0.717) is 36.8 Å². The van der Waals surface area contributed by atoms with Gasteiger partial charge in [0.15, 0.2) is 0 Å². The molecule has 3 aliphatic rings. The molecular formula is C20H28ClFN2O2. The average molecular weight is 383 g/mol. The number of fused-ring (bicyclic) bond motifs is 2. The number of methoxy groups -OCH3 is 1. The molecule has 3 atom stereocenters. The molecular weight excluding hydrogens is 355 g/mol. The summed E-state index contributed by atoms with van der Waals surface area (Å²) in [7, 11) is 1.77. The Bertz CT molecular complexity index is 666. The molecule has 1 heterocycles. The van der Waals surface area contributed by atoms with Crippen molar-refractivity contribution in [3.05, 3.63) is 35.4 Å². The number of benzene rings is 1. The largest absolute Gasteiger partial charge is 0.373 e. The van der Waals surface area contributed by atoms with Crippen molar-refractivity contribution in [1.82, 2.24) is 4.90 Å². The van der Waals surface area contributed by atoms with E-state index in [1.165, 1.54) is 6.42 Å². The fourth-order valence-electron chi connectivity index (χ4n) is 5.19. The van der Waals surface area contributed by atoms with Crippen LogP contribution in [0.5, 0.6) is 0 Å². The van der Waals surface area contributed by atoms with Gasteiger partial charge in [0, 0.05) is 44.1 Å². The van der Waals surface area contributed by atoms with E-state index in [4.69, 9.17) is 10.5 Å². The van der Waals surface area contributed by atoms with Crippen LogP contribution in [-0.2, 0) is 10.3 Å². The van der Waals surface area contributed by atoms with Crippen molar-refractivity contribution in [2.24, 2.45) is 17.6 Å². The number of ether oxygens (including phenoxy) is 1. The van der Waals surface area contributed by atoms with Crippen molar-refractivity contribution in [1.29, 1.82) is 0 Å². The molecule has 0 aromatic heterocycles. The van der Waals surface area contributed by atoms with Crippen LogP contribution < -0.4 is 5.73 Å². The van der Waals surface area contributed by atoms with E-state index < -0.39 is 17.2 Å². The van der Waals surface area contributed by atoms with E-state index in [1.54, 1.807) is 13.2 Å². The smallest absolute Gasteiger partial charge is 0.248 e. The van der Waals surface area contributed by atoms with Crippen LogP contribution in [0.15, 0.2) is 24.3 Å². The van der Waals surface area contributed by atoms with Crippen LogP contribution in [0.4, 0.5) is 4.39 Å². The minimum Gasteiger partial charge on any atom is -0.373 e. The number of alkyl halides is 1. The number of rotatable bonds is 5. The first-order valence-corrected chi connectivity index (χ1v) is 9.34. The maximum Gasteiger partial charge on any atom is 0.248 e. The number of carbonyl (C=O) groups is 1. The maximum atomic E-state index is 14.3. The molecule has 2 saturated carbocycles. The molecule has 0 unspecified atom stereocenters. The highest BCUT2D eigenvalue weighted by molar-refractivity contribution is 5.92. The zero-order valence-corrected chi connectivity index (χ0v) is 16.1. The molecule has 0 spiro atoms. The third kappa shape index (κ3) is 3.25. The minimum atomic E-state index is -0.951. The Morgan fingerprint density at radius 1 is 1.31 bits per heavy atom. The SMILES string of the molecule is CO[C@]1(c2cccc(C(N)=O)c2)[C@@H]2CCC[C@H]1CN(CC1(F)CC1)C2.Cl. The van der Waals surface area contributed by atoms with Crippen LogP contribution in [0.1, 0.15) is 48.0 Å². The number of hydrogen-bond acceptors (Lipinski definition) is 3. The third-order valence-corrected chi connectivity index (χ3v) is 6.51. The molecule has 2 N–H and O–H groups in total. The summed E-state index contributed by atoms with van der Waals surface area (Å²) in [6.07, 6.45) is 4.73. The van der Waals surface area contributed by atoms with E-state index in [-0.39, 0.29) is 12.4 Å². The molecule has 144 valence electrons. The number of nitrogens with zero attached hydrogens (tertiary/aromatic N) is 1.